The first-order chi connectivity index (χ1) is 23.0. The number of aliphatic hydroxyl groups is 1. The highest BCUT2D eigenvalue weighted by atomic mass is 32.2. The van der Waals surface area contributed by atoms with Gasteiger partial charge in [0.2, 0.25) is 11.8 Å². The number of hydrogen-bond acceptors (Lipinski definition) is 9. The monoisotopic (exact) mass is 714 g/mol. The summed E-state index contributed by atoms with van der Waals surface area (Å²) in [6.07, 6.45) is -0.797. The van der Waals surface area contributed by atoms with Gasteiger partial charge in [-0.15, -0.1) is 0 Å². The molecule has 3 atom stereocenters. The molecule has 6 N–H and O–H groups in total. The van der Waals surface area contributed by atoms with Crippen molar-refractivity contribution >= 4 is 33.7 Å². The fourth-order valence-corrected chi connectivity index (χ4v) is 6.09. The van der Waals surface area contributed by atoms with Gasteiger partial charge in [0.25, 0.3) is 5.97 Å². The summed E-state index contributed by atoms with van der Waals surface area (Å²) in [5.74, 6) is -4.77. The lowest BCUT2D eigenvalue weighted by Gasteiger charge is -2.27. The molecule has 16 heteroatoms. The summed E-state index contributed by atoms with van der Waals surface area (Å²) in [7, 11) is -3.81. The van der Waals surface area contributed by atoms with Crippen molar-refractivity contribution in [3.05, 3.63) is 70.8 Å². The lowest BCUT2D eigenvalue weighted by atomic mass is 10.00. The Morgan fingerprint density at radius 1 is 0.939 bits per heavy atom. The summed E-state index contributed by atoms with van der Waals surface area (Å²) in [6.45, 7) is 6.33. The van der Waals surface area contributed by atoms with Crippen LogP contribution >= 0.6 is 0 Å². The number of aliphatic hydroxyl groups excluding tert-OH is 1. The molecule has 0 unspecified atom stereocenters. The molecule has 0 aliphatic rings. The Kier molecular flexibility index (Phi) is 19.7. The number of halogens is 2. The number of carbonyl (C=O) groups excluding carboxylic acids is 3. The number of alkyl carbamates (subject to hydrolysis) is 1. The van der Waals surface area contributed by atoms with Gasteiger partial charge in [-0.25, -0.2) is 22.0 Å². The summed E-state index contributed by atoms with van der Waals surface area (Å²) in [4.78, 5) is 46.0. The fourth-order valence-electron chi connectivity index (χ4n) is 4.45. The van der Waals surface area contributed by atoms with Crippen LogP contribution in [0.1, 0.15) is 57.2 Å². The predicted octanol–water partition coefficient (Wildman–Crippen LogP) is 2.24. The van der Waals surface area contributed by atoms with Gasteiger partial charge in [0.05, 0.1) is 30.2 Å². The number of hydrogen-bond donors (Lipinski definition) is 6. The summed E-state index contributed by atoms with van der Waals surface area (Å²) in [5, 5.41) is 28.9. The maximum atomic E-state index is 14.0. The zero-order chi connectivity index (χ0) is 37.0. The second-order valence-corrected chi connectivity index (χ2v) is 13.5. The first-order valence-electron chi connectivity index (χ1n) is 15.8. The molecule has 2 aromatic rings. The zero-order valence-electron chi connectivity index (χ0n) is 28.3. The fraction of sp³-hybridized carbons (Fsp3) is 0.515. The Bertz CT molecular complexity index is 1450. The molecule has 274 valence electrons. The van der Waals surface area contributed by atoms with E-state index >= 15 is 0 Å². The molecule has 2 aromatic carbocycles. The number of amides is 3. The molecule has 0 spiro atoms. The average molecular weight is 715 g/mol. The van der Waals surface area contributed by atoms with Gasteiger partial charge in [0, 0.05) is 33.0 Å². The molecule has 0 fully saturated rings. The number of rotatable bonds is 19. The van der Waals surface area contributed by atoms with Gasteiger partial charge in [-0.2, -0.15) is 0 Å². The topological polar surface area (TPSA) is 200 Å². The number of nitrogens with one attached hydrogen (secondary N) is 4. The minimum Gasteiger partial charge on any atom is -0.481 e. The minimum atomic E-state index is -3.81. The van der Waals surface area contributed by atoms with Crippen LogP contribution < -0.4 is 21.3 Å². The van der Waals surface area contributed by atoms with E-state index in [4.69, 9.17) is 14.6 Å². The molecule has 49 heavy (non-hydrogen) atoms. The van der Waals surface area contributed by atoms with E-state index in [1.54, 1.807) is 6.92 Å². The molecule has 3 amide bonds. The number of benzene rings is 2. The molecule has 0 radical (unpaired) electrons. The number of carbonyl (C=O) groups is 4. The lowest BCUT2D eigenvalue weighted by molar-refractivity contribution is -0.134. The van der Waals surface area contributed by atoms with Crippen molar-refractivity contribution in [2.24, 2.45) is 0 Å². The quantitative estimate of drug-likeness (QED) is 0.117. The molecular weight excluding hydrogens is 666 g/mol. The van der Waals surface area contributed by atoms with Crippen LogP contribution in [0, 0.1) is 11.6 Å². The number of carboxylic acids is 1. The van der Waals surface area contributed by atoms with Crippen LogP contribution in [0.3, 0.4) is 0 Å². The number of carboxylic acid groups (broad SMARTS) is 1. The SMILES string of the molecule is CC(=O)O.CCCCS(=O)(=O)C[C@@H](NC(=O)OCCNC(C)=O)C(=O)N[C@@H](Cc1cc(F)cc(F)c1)[C@H](O)CNCc1cccc(CC)c1. The molecule has 0 heterocycles. The van der Waals surface area contributed by atoms with E-state index in [9.17, 15) is 36.7 Å². The molecular formula is C33H48F2N4O9S. The van der Waals surface area contributed by atoms with Gasteiger partial charge >= 0.3 is 6.09 Å². The third-order valence-corrected chi connectivity index (χ3v) is 8.55. The highest BCUT2D eigenvalue weighted by Crippen LogP contribution is 2.13. The Morgan fingerprint density at radius 3 is 2.16 bits per heavy atom. The number of aliphatic carboxylic acids is 1. The van der Waals surface area contributed by atoms with Gasteiger partial charge in [-0.05, 0) is 48.1 Å². The van der Waals surface area contributed by atoms with E-state index in [-0.39, 0.29) is 43.3 Å². The average Bonchev–Trinajstić information content (AvgIpc) is 3.00. The van der Waals surface area contributed by atoms with Gasteiger partial charge in [-0.3, -0.25) is 14.4 Å². The maximum Gasteiger partial charge on any atom is 0.407 e. The van der Waals surface area contributed by atoms with Crippen LogP contribution in [-0.4, -0.2) is 91.9 Å². The number of sulfone groups is 1. The van der Waals surface area contributed by atoms with Crippen molar-refractivity contribution in [3.8, 4) is 0 Å². The van der Waals surface area contributed by atoms with E-state index in [0.29, 0.717) is 25.5 Å². The lowest BCUT2D eigenvalue weighted by Crippen LogP contribution is -2.56. The van der Waals surface area contributed by atoms with Crippen molar-refractivity contribution in [2.75, 3.05) is 31.2 Å². The van der Waals surface area contributed by atoms with E-state index < -0.39 is 63.4 Å². The second-order valence-electron chi connectivity index (χ2n) is 11.3. The normalized spacial score (nSPS) is 12.8. The minimum absolute atomic E-state index is 0.00259. The molecule has 0 aliphatic heterocycles. The molecule has 0 saturated heterocycles. The number of aryl methyl sites for hydroxylation is 1. The van der Waals surface area contributed by atoms with E-state index in [1.165, 1.54) is 6.92 Å². The van der Waals surface area contributed by atoms with Crippen LogP contribution in [0.25, 0.3) is 0 Å². The molecule has 0 aromatic heterocycles. The number of ether oxygens (including phenoxy) is 1. The molecule has 0 aliphatic carbocycles. The van der Waals surface area contributed by atoms with Crippen LogP contribution in [-0.2, 0) is 48.3 Å². The Balaban J connectivity index is 0.00000283. The third kappa shape index (κ3) is 19.4. The summed E-state index contributed by atoms with van der Waals surface area (Å²) >= 11 is 0. The summed E-state index contributed by atoms with van der Waals surface area (Å²) < 4.78 is 58.4. The van der Waals surface area contributed by atoms with Crippen LogP contribution in [0.5, 0.6) is 0 Å². The third-order valence-electron chi connectivity index (χ3n) is 6.80. The van der Waals surface area contributed by atoms with E-state index in [0.717, 1.165) is 36.6 Å². The summed E-state index contributed by atoms with van der Waals surface area (Å²) in [5.41, 5.74) is 2.24. The highest BCUT2D eigenvalue weighted by molar-refractivity contribution is 7.91. The van der Waals surface area contributed by atoms with Gasteiger partial charge < -0.3 is 36.2 Å². The second kappa shape index (κ2) is 22.5. The molecule has 0 saturated carbocycles. The Morgan fingerprint density at radius 2 is 1.57 bits per heavy atom. The van der Waals surface area contributed by atoms with Crippen molar-refractivity contribution < 1.29 is 51.3 Å². The predicted molar refractivity (Wildman–Crippen MR) is 179 cm³/mol. The Labute approximate surface area is 286 Å². The van der Waals surface area contributed by atoms with Gasteiger partial charge in [-0.1, -0.05) is 44.5 Å². The standard InChI is InChI=1S/C31H44F2N4O7S.C2H4O2/c1-4-6-12-45(42,43)20-28(37-31(41)44-11-10-35-21(3)38)30(40)36-27(16-24-14-25(32)17-26(33)15-24)29(39)19-34-18-23-9-7-8-22(5-2)13-23;1-2(3)4/h7-9,13-15,17,27-29,34,39H,4-6,10-12,16,18-20H2,1-3H3,(H,35,38)(H,36,40)(H,37,41);1H3,(H,3,4)/t27-,28+,29+;/m0./s1. The van der Waals surface area contributed by atoms with Crippen molar-refractivity contribution in [2.45, 2.75) is 78.1 Å². The largest absolute Gasteiger partial charge is 0.481 e. The Hall–Kier alpha value is -4.15. The summed E-state index contributed by atoms with van der Waals surface area (Å²) in [6, 6.07) is 7.92. The molecule has 0 bridgehead atoms. The first kappa shape index (κ1) is 42.9. The zero-order valence-corrected chi connectivity index (χ0v) is 29.1. The van der Waals surface area contributed by atoms with Crippen LogP contribution in [0.4, 0.5) is 13.6 Å². The van der Waals surface area contributed by atoms with Gasteiger partial charge in [0.1, 0.15) is 24.3 Å². The first-order valence-corrected chi connectivity index (χ1v) is 17.7. The maximum absolute atomic E-state index is 14.0. The van der Waals surface area contributed by atoms with Crippen LogP contribution in [0.15, 0.2) is 42.5 Å². The van der Waals surface area contributed by atoms with E-state index in [1.807, 2.05) is 31.2 Å². The van der Waals surface area contributed by atoms with E-state index in [2.05, 4.69) is 21.3 Å². The van der Waals surface area contributed by atoms with Crippen molar-refractivity contribution in [1.82, 2.24) is 21.3 Å². The van der Waals surface area contributed by atoms with Gasteiger partial charge in [0.15, 0.2) is 9.84 Å². The van der Waals surface area contributed by atoms with Crippen LogP contribution in [0.2, 0.25) is 0 Å². The highest BCUT2D eigenvalue weighted by Gasteiger charge is 2.31. The smallest absolute Gasteiger partial charge is 0.407 e. The number of unbranched alkanes of at least 4 members (excludes halogenated alkanes) is 1. The van der Waals surface area contributed by atoms with Crippen molar-refractivity contribution in [1.29, 1.82) is 0 Å². The molecule has 13 nitrogen and oxygen atoms in total. The molecule has 2 rings (SSSR count). The van der Waals surface area contributed by atoms with Crippen molar-refractivity contribution in [3.63, 3.8) is 0 Å².